The Hall–Kier alpha value is -7.97. The highest BCUT2D eigenvalue weighted by Gasteiger charge is 2.36. The molecule has 6 heterocycles. The first kappa shape index (κ1) is 54.4. The second kappa shape index (κ2) is 23.6. The molecule has 0 bridgehead atoms. The van der Waals surface area contributed by atoms with Gasteiger partial charge < -0.3 is 40.3 Å². The Labute approximate surface area is 461 Å². The number of piperidine rings is 1. The Bertz CT molecular complexity index is 3330. The van der Waals surface area contributed by atoms with E-state index in [0.717, 1.165) is 59.2 Å². The summed E-state index contributed by atoms with van der Waals surface area (Å²) in [6.45, 7) is 14.5. The fourth-order valence-corrected chi connectivity index (χ4v) is 11.7. The standard InChI is InChI=1S/C57H63ClFN13O7/c1-35(2)43-28-44(49(75)29-48(43)74)53-64-65-54(51(60)76)72(53)40-12-10-37(11-13-40)31-67-17-14-39(15-18-67)56(78)68-22-20-66(21-23-68)26-27-79-57-62-46-33-69(47-9-5-7-38-6-4-8-45(58)50(38)47)19-16-42(46)52(63-57)70-24-25-71(55(77)36(3)59)41(32-70)30-61-34-73/h4-13,28-29,35,39,41,74-75H,3,14-27,30-33H2,1-2H3,(H2,60,76)/t41-/m0/s1. The highest BCUT2D eigenvalue weighted by molar-refractivity contribution is 6.36. The first-order valence-electron chi connectivity index (χ1n) is 26.7. The fraction of sp³-hybridized carbons (Fsp3) is 0.404. The number of nitrogens with two attached hydrogens (primary N) is 1. The highest BCUT2D eigenvalue weighted by Crippen LogP contribution is 2.40. The van der Waals surface area contributed by atoms with Gasteiger partial charge in [-0.2, -0.15) is 9.97 Å². The largest absolute Gasteiger partial charge is 0.508 e. The Morgan fingerprint density at radius 2 is 1.65 bits per heavy atom. The summed E-state index contributed by atoms with van der Waals surface area (Å²) in [7, 11) is 0. The number of hydrogen-bond acceptors (Lipinski definition) is 16. The number of likely N-dealkylation sites (tertiary alicyclic amines) is 1. The van der Waals surface area contributed by atoms with E-state index in [4.69, 9.17) is 32.0 Å². The number of carbonyl (C=O) groups is 3. The molecule has 0 spiro atoms. The van der Waals surface area contributed by atoms with Gasteiger partial charge in [-0.3, -0.25) is 28.8 Å². The maximum atomic E-state index is 14.2. The van der Waals surface area contributed by atoms with Crippen molar-refractivity contribution in [2.45, 2.75) is 58.2 Å². The molecule has 4 aliphatic heterocycles. The zero-order valence-corrected chi connectivity index (χ0v) is 45.0. The number of isocyanates is 1. The van der Waals surface area contributed by atoms with E-state index in [0.29, 0.717) is 99.6 Å². The summed E-state index contributed by atoms with van der Waals surface area (Å²) < 4.78 is 22.0. The fourth-order valence-electron chi connectivity index (χ4n) is 11.4. The van der Waals surface area contributed by atoms with E-state index in [9.17, 15) is 33.8 Å². The molecule has 4 aliphatic rings. The van der Waals surface area contributed by atoms with Gasteiger partial charge in [-0.15, -0.1) is 10.2 Å². The number of aromatic hydroxyl groups is 2. The van der Waals surface area contributed by atoms with E-state index < -0.39 is 23.7 Å². The van der Waals surface area contributed by atoms with Gasteiger partial charge in [0, 0.05) is 99.8 Å². The van der Waals surface area contributed by atoms with Gasteiger partial charge in [-0.25, -0.2) is 14.2 Å². The van der Waals surface area contributed by atoms with Crippen LogP contribution in [0, 0.1) is 5.92 Å². The molecule has 22 heteroatoms. The SMILES string of the molecule is C=C(F)C(=O)N1CCN(c2nc(OCCN3CCN(C(=O)C4CCN(Cc5ccc(-n6c(C(N)=O)nnc6-c6cc(C(C)C)c(O)cc6O)cc5)CC4)CC3)nc3c2CCN(c2cccc4cccc(Cl)c24)C3)C[C@@H]1CN=C=O. The molecule has 10 rings (SSSR count). The Morgan fingerprint density at radius 1 is 0.899 bits per heavy atom. The third kappa shape index (κ3) is 11.6. The average Bonchev–Trinajstić information content (AvgIpc) is 3.91. The minimum atomic E-state index is -1.08. The number of primary amides is 1. The second-order valence-corrected chi connectivity index (χ2v) is 21.2. The molecule has 0 aliphatic carbocycles. The summed E-state index contributed by atoms with van der Waals surface area (Å²) in [6.07, 6.45) is 3.65. The predicted molar refractivity (Wildman–Crippen MR) is 296 cm³/mol. The Morgan fingerprint density at radius 3 is 2.35 bits per heavy atom. The van der Waals surface area contributed by atoms with E-state index in [-0.39, 0.29) is 66.5 Å². The Kier molecular flexibility index (Phi) is 16.2. The first-order chi connectivity index (χ1) is 38.1. The lowest BCUT2D eigenvalue weighted by Crippen LogP contribution is -2.57. The maximum Gasteiger partial charge on any atom is 0.318 e. The zero-order valence-electron chi connectivity index (χ0n) is 44.2. The third-order valence-electron chi connectivity index (χ3n) is 15.6. The number of halogens is 2. The van der Waals surface area contributed by atoms with E-state index in [1.165, 1.54) is 15.5 Å². The van der Waals surface area contributed by atoms with E-state index in [2.05, 4.69) is 42.5 Å². The van der Waals surface area contributed by atoms with Crippen molar-refractivity contribution in [2.24, 2.45) is 16.6 Å². The molecule has 79 heavy (non-hydrogen) atoms. The lowest BCUT2D eigenvalue weighted by molar-refractivity contribution is -0.139. The number of piperazine rings is 2. The molecule has 3 amide bonds. The van der Waals surface area contributed by atoms with Crippen LogP contribution in [0.25, 0.3) is 27.8 Å². The number of hydrogen-bond donors (Lipinski definition) is 3. The third-order valence-corrected chi connectivity index (χ3v) is 15.9. The monoisotopic (exact) mass is 1100 g/mol. The molecular formula is C57H63ClFN13O7. The van der Waals surface area contributed by atoms with Crippen molar-refractivity contribution in [1.29, 1.82) is 0 Å². The quantitative estimate of drug-likeness (QED) is 0.0573. The number of aromatic nitrogens is 5. The van der Waals surface area contributed by atoms with Crippen molar-refractivity contribution in [3.05, 3.63) is 118 Å². The molecular weight excluding hydrogens is 1030 g/mol. The number of rotatable bonds is 16. The molecule has 0 saturated carbocycles. The van der Waals surface area contributed by atoms with Crippen LogP contribution >= 0.6 is 11.6 Å². The van der Waals surface area contributed by atoms with Crippen molar-refractivity contribution in [3.63, 3.8) is 0 Å². The van der Waals surface area contributed by atoms with Gasteiger partial charge in [-0.05, 0) is 85.1 Å². The van der Waals surface area contributed by atoms with Gasteiger partial charge in [0.1, 0.15) is 23.9 Å². The molecule has 412 valence electrons. The van der Waals surface area contributed by atoms with Gasteiger partial charge in [0.25, 0.3) is 11.8 Å². The summed E-state index contributed by atoms with van der Waals surface area (Å²) in [5, 5.41) is 32.2. The summed E-state index contributed by atoms with van der Waals surface area (Å²) in [6, 6.07) is 22.1. The van der Waals surface area contributed by atoms with Gasteiger partial charge in [0.2, 0.25) is 17.8 Å². The number of benzene rings is 4. The number of ether oxygens (including phenoxy) is 1. The maximum absolute atomic E-state index is 14.2. The molecule has 0 radical (unpaired) electrons. The van der Waals surface area contributed by atoms with Crippen LogP contribution in [-0.4, -0.2) is 170 Å². The minimum Gasteiger partial charge on any atom is -0.508 e. The van der Waals surface area contributed by atoms with E-state index >= 15 is 0 Å². The van der Waals surface area contributed by atoms with Crippen molar-refractivity contribution in [1.82, 2.24) is 44.3 Å². The van der Waals surface area contributed by atoms with Gasteiger partial charge in [-0.1, -0.05) is 68.4 Å². The number of carbonyl (C=O) groups excluding carboxylic acids is 4. The van der Waals surface area contributed by atoms with Crippen LogP contribution < -0.4 is 20.3 Å². The molecule has 4 N–H and O–H groups in total. The number of phenolic OH excluding ortho intramolecular Hbond substituents is 2. The van der Waals surface area contributed by atoms with Crippen LogP contribution in [0.15, 0.2) is 90.2 Å². The molecule has 20 nitrogen and oxygen atoms in total. The van der Waals surface area contributed by atoms with Crippen LogP contribution in [0.4, 0.5) is 15.9 Å². The minimum absolute atomic E-state index is 0.0437. The smallest absolute Gasteiger partial charge is 0.318 e. The van der Waals surface area contributed by atoms with E-state index in [1.807, 2.05) is 78.2 Å². The molecule has 4 aromatic carbocycles. The van der Waals surface area contributed by atoms with Crippen molar-refractivity contribution >= 4 is 57.7 Å². The summed E-state index contributed by atoms with van der Waals surface area (Å²) in [5.74, 6) is -2.12. The first-order valence-corrected chi connectivity index (χ1v) is 27.1. The summed E-state index contributed by atoms with van der Waals surface area (Å²) in [4.78, 5) is 76.4. The van der Waals surface area contributed by atoms with E-state index in [1.54, 1.807) is 12.1 Å². The van der Waals surface area contributed by atoms with Crippen LogP contribution in [0.5, 0.6) is 17.5 Å². The molecule has 6 aromatic rings. The van der Waals surface area contributed by atoms with Crippen LogP contribution in [-0.2, 0) is 33.9 Å². The van der Waals surface area contributed by atoms with Gasteiger partial charge in [0.15, 0.2) is 11.7 Å². The number of amides is 3. The molecule has 3 fully saturated rings. The number of phenols is 2. The average molecular weight is 1100 g/mol. The van der Waals surface area contributed by atoms with Crippen LogP contribution in [0.1, 0.15) is 65.6 Å². The molecule has 0 unspecified atom stereocenters. The zero-order chi connectivity index (χ0) is 55.5. The number of aliphatic imine (C=N–C) groups is 1. The Balaban J connectivity index is 0.745. The molecule has 1 atom stereocenters. The second-order valence-electron chi connectivity index (χ2n) is 20.8. The van der Waals surface area contributed by atoms with Crippen molar-refractivity contribution < 1.29 is 38.5 Å². The molecule has 3 saturated heterocycles. The summed E-state index contributed by atoms with van der Waals surface area (Å²) in [5.41, 5.74) is 11.0. The topological polar surface area (TPSA) is 232 Å². The normalized spacial score (nSPS) is 17.5. The highest BCUT2D eigenvalue weighted by atomic mass is 35.5. The van der Waals surface area contributed by atoms with Gasteiger partial charge in [0.05, 0.1) is 35.4 Å². The summed E-state index contributed by atoms with van der Waals surface area (Å²) >= 11 is 6.78. The van der Waals surface area contributed by atoms with Gasteiger partial charge >= 0.3 is 6.01 Å². The van der Waals surface area contributed by atoms with Crippen LogP contribution in [0.3, 0.4) is 0 Å². The number of anilines is 2. The lowest BCUT2D eigenvalue weighted by Gasteiger charge is -2.42. The number of nitrogens with zero attached hydrogens (tertiary/aromatic N) is 12. The van der Waals surface area contributed by atoms with Crippen LogP contribution in [0.2, 0.25) is 5.02 Å². The predicted octanol–water partition coefficient (Wildman–Crippen LogP) is 6.00. The number of fused-ring (bicyclic) bond motifs is 2. The molecule has 2 aromatic heterocycles. The van der Waals surface area contributed by atoms with Crippen molar-refractivity contribution in [3.8, 4) is 34.6 Å². The lowest BCUT2D eigenvalue weighted by atomic mass is 9.94. The van der Waals surface area contributed by atoms with Crippen molar-refractivity contribution in [2.75, 3.05) is 94.9 Å².